The molecule has 0 fully saturated rings. The Bertz CT molecular complexity index is 316. The summed E-state index contributed by atoms with van der Waals surface area (Å²) in [5.41, 5.74) is 0. The summed E-state index contributed by atoms with van der Waals surface area (Å²) in [6.45, 7) is 4.41. The van der Waals surface area contributed by atoms with Crippen molar-refractivity contribution in [1.29, 1.82) is 0 Å². The maximum absolute atomic E-state index is 10.5. The standard InChI is InChI=1S/C11H16O4/c1-3-4-8(2)14-7-9-5-6-10(15-9)11(12)13/h5-6,8H,3-4,7H2,1-2H3,(H,12,13). The minimum Gasteiger partial charge on any atom is -0.475 e. The molecule has 0 saturated carbocycles. The van der Waals surface area contributed by atoms with Gasteiger partial charge < -0.3 is 14.3 Å². The van der Waals surface area contributed by atoms with E-state index in [1.807, 2.05) is 6.92 Å². The minimum absolute atomic E-state index is 0.0447. The molecule has 0 radical (unpaired) electrons. The molecule has 1 heterocycles. The van der Waals surface area contributed by atoms with Crippen LogP contribution in [0.1, 0.15) is 43.0 Å². The fourth-order valence-electron chi connectivity index (χ4n) is 1.28. The van der Waals surface area contributed by atoms with Gasteiger partial charge in [-0.15, -0.1) is 0 Å². The van der Waals surface area contributed by atoms with Crippen molar-refractivity contribution in [3.63, 3.8) is 0 Å². The van der Waals surface area contributed by atoms with Gasteiger partial charge in [-0.3, -0.25) is 0 Å². The summed E-state index contributed by atoms with van der Waals surface area (Å²) in [5, 5.41) is 8.63. The van der Waals surface area contributed by atoms with E-state index in [4.69, 9.17) is 14.3 Å². The number of carboxylic acid groups (broad SMARTS) is 1. The topological polar surface area (TPSA) is 59.7 Å². The lowest BCUT2D eigenvalue weighted by Gasteiger charge is -2.09. The molecule has 4 nitrogen and oxygen atoms in total. The quantitative estimate of drug-likeness (QED) is 0.787. The van der Waals surface area contributed by atoms with E-state index in [9.17, 15) is 4.79 Å². The van der Waals surface area contributed by atoms with Crippen LogP contribution in [0.2, 0.25) is 0 Å². The summed E-state index contributed by atoms with van der Waals surface area (Å²) in [4.78, 5) is 10.5. The van der Waals surface area contributed by atoms with Crippen LogP contribution in [0.4, 0.5) is 0 Å². The molecule has 1 aromatic rings. The lowest BCUT2D eigenvalue weighted by atomic mass is 10.2. The maximum atomic E-state index is 10.5. The monoisotopic (exact) mass is 212 g/mol. The largest absolute Gasteiger partial charge is 0.475 e. The highest BCUT2D eigenvalue weighted by atomic mass is 16.5. The molecule has 84 valence electrons. The summed E-state index contributed by atoms with van der Waals surface area (Å²) >= 11 is 0. The van der Waals surface area contributed by atoms with Crippen molar-refractivity contribution >= 4 is 5.97 Å². The Morgan fingerprint density at radius 3 is 2.87 bits per heavy atom. The van der Waals surface area contributed by atoms with Crippen molar-refractivity contribution < 1.29 is 19.1 Å². The van der Waals surface area contributed by atoms with Gasteiger partial charge in [0.1, 0.15) is 12.4 Å². The predicted molar refractivity (Wildman–Crippen MR) is 54.8 cm³/mol. The van der Waals surface area contributed by atoms with Gasteiger partial charge in [-0.25, -0.2) is 4.79 Å². The Morgan fingerprint density at radius 2 is 2.33 bits per heavy atom. The van der Waals surface area contributed by atoms with E-state index < -0.39 is 5.97 Å². The first-order valence-corrected chi connectivity index (χ1v) is 5.07. The molecule has 1 rings (SSSR count). The Balaban J connectivity index is 2.40. The molecule has 15 heavy (non-hydrogen) atoms. The van der Waals surface area contributed by atoms with Crippen LogP contribution in [0.25, 0.3) is 0 Å². The zero-order valence-electron chi connectivity index (χ0n) is 9.03. The van der Waals surface area contributed by atoms with Gasteiger partial charge in [0.25, 0.3) is 0 Å². The van der Waals surface area contributed by atoms with Crippen molar-refractivity contribution in [3.05, 3.63) is 23.7 Å². The first kappa shape index (κ1) is 11.8. The van der Waals surface area contributed by atoms with Crippen LogP contribution in [0.3, 0.4) is 0 Å². The number of aromatic carboxylic acids is 1. The van der Waals surface area contributed by atoms with Gasteiger partial charge in [0, 0.05) is 0 Å². The van der Waals surface area contributed by atoms with Gasteiger partial charge in [-0.05, 0) is 25.5 Å². The molecule has 0 saturated heterocycles. The van der Waals surface area contributed by atoms with Crippen LogP contribution in [0.5, 0.6) is 0 Å². The Morgan fingerprint density at radius 1 is 1.60 bits per heavy atom. The second-order valence-electron chi connectivity index (χ2n) is 3.48. The second-order valence-corrected chi connectivity index (χ2v) is 3.48. The molecule has 0 aliphatic heterocycles. The van der Waals surface area contributed by atoms with Gasteiger partial charge in [-0.2, -0.15) is 0 Å². The smallest absolute Gasteiger partial charge is 0.371 e. The van der Waals surface area contributed by atoms with E-state index in [0.717, 1.165) is 12.8 Å². The molecule has 1 unspecified atom stereocenters. The Labute approximate surface area is 88.8 Å². The van der Waals surface area contributed by atoms with Gasteiger partial charge >= 0.3 is 5.97 Å². The van der Waals surface area contributed by atoms with E-state index in [2.05, 4.69) is 6.92 Å². The van der Waals surface area contributed by atoms with Crippen LogP contribution >= 0.6 is 0 Å². The van der Waals surface area contributed by atoms with Crippen molar-refractivity contribution in [2.45, 2.75) is 39.4 Å². The molecule has 1 N–H and O–H groups in total. The lowest BCUT2D eigenvalue weighted by Crippen LogP contribution is -2.06. The summed E-state index contributed by atoms with van der Waals surface area (Å²) in [5.74, 6) is -0.546. The minimum atomic E-state index is -1.05. The normalized spacial score (nSPS) is 12.7. The molecule has 0 aliphatic rings. The summed E-state index contributed by atoms with van der Waals surface area (Å²) in [6, 6.07) is 3.06. The Kier molecular flexibility index (Phi) is 4.37. The third kappa shape index (κ3) is 3.75. The molecular formula is C11H16O4. The van der Waals surface area contributed by atoms with Crippen molar-refractivity contribution in [3.8, 4) is 0 Å². The number of carbonyl (C=O) groups is 1. The van der Waals surface area contributed by atoms with Crippen LogP contribution in [0.15, 0.2) is 16.5 Å². The van der Waals surface area contributed by atoms with E-state index in [1.54, 1.807) is 6.07 Å². The van der Waals surface area contributed by atoms with Crippen LogP contribution in [-0.2, 0) is 11.3 Å². The van der Waals surface area contributed by atoms with E-state index >= 15 is 0 Å². The molecule has 0 spiro atoms. The average Bonchev–Trinajstić information content (AvgIpc) is 2.63. The van der Waals surface area contributed by atoms with Gasteiger partial charge in [-0.1, -0.05) is 13.3 Å². The maximum Gasteiger partial charge on any atom is 0.371 e. The Hall–Kier alpha value is -1.29. The fourth-order valence-corrected chi connectivity index (χ4v) is 1.28. The molecule has 1 atom stereocenters. The van der Waals surface area contributed by atoms with E-state index in [0.29, 0.717) is 12.4 Å². The third-order valence-corrected chi connectivity index (χ3v) is 2.08. The molecule has 1 aromatic heterocycles. The highest BCUT2D eigenvalue weighted by molar-refractivity contribution is 5.84. The first-order chi connectivity index (χ1) is 7.13. The number of hydrogen-bond donors (Lipinski definition) is 1. The predicted octanol–water partition coefficient (Wildman–Crippen LogP) is 2.68. The SMILES string of the molecule is CCCC(C)OCc1ccc(C(=O)O)o1. The van der Waals surface area contributed by atoms with Gasteiger partial charge in [0.15, 0.2) is 0 Å². The van der Waals surface area contributed by atoms with Crippen molar-refractivity contribution in [2.75, 3.05) is 0 Å². The number of hydrogen-bond acceptors (Lipinski definition) is 3. The second kappa shape index (κ2) is 5.56. The van der Waals surface area contributed by atoms with Crippen molar-refractivity contribution in [1.82, 2.24) is 0 Å². The molecule has 0 bridgehead atoms. The highest BCUT2D eigenvalue weighted by Crippen LogP contribution is 2.11. The molecular weight excluding hydrogens is 196 g/mol. The van der Waals surface area contributed by atoms with Crippen molar-refractivity contribution in [2.24, 2.45) is 0 Å². The summed E-state index contributed by atoms with van der Waals surface area (Å²) < 4.78 is 10.5. The first-order valence-electron chi connectivity index (χ1n) is 5.07. The van der Waals surface area contributed by atoms with Crippen LogP contribution in [-0.4, -0.2) is 17.2 Å². The fraction of sp³-hybridized carbons (Fsp3) is 0.545. The van der Waals surface area contributed by atoms with Crippen LogP contribution < -0.4 is 0 Å². The number of carboxylic acids is 1. The summed E-state index contributed by atoms with van der Waals surface area (Å²) in [6.07, 6.45) is 2.24. The number of ether oxygens (including phenoxy) is 1. The van der Waals surface area contributed by atoms with E-state index in [-0.39, 0.29) is 11.9 Å². The third-order valence-electron chi connectivity index (χ3n) is 2.08. The molecule has 0 aliphatic carbocycles. The lowest BCUT2D eigenvalue weighted by molar-refractivity contribution is 0.0358. The average molecular weight is 212 g/mol. The summed E-state index contributed by atoms with van der Waals surface area (Å²) in [7, 11) is 0. The van der Waals surface area contributed by atoms with E-state index in [1.165, 1.54) is 6.07 Å². The molecule has 4 heteroatoms. The van der Waals surface area contributed by atoms with Gasteiger partial charge in [0.05, 0.1) is 6.10 Å². The van der Waals surface area contributed by atoms with Gasteiger partial charge in [0.2, 0.25) is 5.76 Å². The molecule has 0 amide bonds. The zero-order chi connectivity index (χ0) is 11.3. The molecule has 0 aromatic carbocycles. The number of furan rings is 1. The number of rotatable bonds is 6. The highest BCUT2D eigenvalue weighted by Gasteiger charge is 2.09. The van der Waals surface area contributed by atoms with Crippen LogP contribution in [0, 0.1) is 0 Å². The zero-order valence-corrected chi connectivity index (χ0v) is 9.03.